The highest BCUT2D eigenvalue weighted by atomic mass is 31.0. The molecule has 0 aliphatic rings. The van der Waals surface area contributed by atoms with Gasteiger partial charge < -0.3 is 9.98 Å². The molecular weight excluding hydrogens is 372 g/mol. The van der Waals surface area contributed by atoms with Gasteiger partial charge >= 0.3 is 0 Å². The first-order valence-corrected chi connectivity index (χ1v) is 9.66. The lowest BCUT2D eigenvalue weighted by Crippen LogP contribution is -2.12. The molecule has 5 nitrogen and oxygen atoms in total. The van der Waals surface area contributed by atoms with Crippen LogP contribution < -0.4 is 5.30 Å². The Morgan fingerprint density at radius 3 is 2.79 bits per heavy atom. The van der Waals surface area contributed by atoms with Crippen molar-refractivity contribution in [3.63, 3.8) is 0 Å². The molecule has 0 amide bonds. The molecule has 2 atom stereocenters. The molecule has 2 aromatic heterocycles. The van der Waals surface area contributed by atoms with E-state index in [1.807, 2.05) is 54.8 Å². The predicted molar refractivity (Wildman–Crippen MR) is 114 cm³/mol. The van der Waals surface area contributed by atoms with Gasteiger partial charge in [-0.15, -0.1) is 9.24 Å². The minimum Gasteiger partial charge on any atom is -0.325 e. The van der Waals surface area contributed by atoms with Crippen LogP contribution in [-0.2, 0) is 6.54 Å². The van der Waals surface area contributed by atoms with E-state index in [2.05, 4.69) is 19.3 Å². The fraction of sp³-hybridized carbons (Fsp3) is 0.190. The number of imidazole rings is 1. The molecule has 1 N–H and O–H groups in total. The van der Waals surface area contributed by atoms with Crippen LogP contribution in [0.1, 0.15) is 35.7 Å². The summed E-state index contributed by atoms with van der Waals surface area (Å²) in [6.45, 7) is 4.56. The van der Waals surface area contributed by atoms with Crippen molar-refractivity contribution in [1.82, 2.24) is 19.3 Å². The largest absolute Gasteiger partial charge is 0.325 e. The quantitative estimate of drug-likeness (QED) is 0.410. The maximum Gasteiger partial charge on any atom is 0.199 e. The third-order valence-electron chi connectivity index (χ3n) is 4.90. The summed E-state index contributed by atoms with van der Waals surface area (Å²) in [7, 11) is 2.66. The molecule has 0 aliphatic heterocycles. The molecule has 0 saturated carbocycles. The highest BCUT2D eigenvalue weighted by Crippen LogP contribution is 2.30. The van der Waals surface area contributed by atoms with E-state index in [4.69, 9.17) is 5.41 Å². The molecule has 28 heavy (non-hydrogen) atoms. The van der Waals surface area contributed by atoms with Crippen LogP contribution in [0.25, 0.3) is 16.7 Å². The summed E-state index contributed by atoms with van der Waals surface area (Å²) < 4.78 is 19.3. The summed E-state index contributed by atoms with van der Waals surface area (Å²) >= 11 is 0. The summed E-state index contributed by atoms with van der Waals surface area (Å²) in [6, 6.07) is 13.2. The SMILES string of the molecule is CCn1c(C(F)c2ccnn2-c2cc(P)ccc2C)nc2cc(C=N)ccc21. The molecule has 0 saturated heterocycles. The van der Waals surface area contributed by atoms with Gasteiger partial charge in [0.2, 0.25) is 0 Å². The minimum atomic E-state index is -1.43. The molecule has 0 spiro atoms. The van der Waals surface area contributed by atoms with Crippen molar-refractivity contribution in [3.8, 4) is 5.69 Å². The zero-order valence-electron chi connectivity index (χ0n) is 15.7. The second kappa shape index (κ2) is 7.28. The van der Waals surface area contributed by atoms with Gasteiger partial charge in [0.15, 0.2) is 12.0 Å². The first-order chi connectivity index (χ1) is 13.5. The Bertz CT molecular complexity index is 1180. The Balaban J connectivity index is 1.85. The monoisotopic (exact) mass is 393 g/mol. The number of hydrogen-bond donors (Lipinski definition) is 1. The van der Waals surface area contributed by atoms with Gasteiger partial charge in [0.05, 0.1) is 22.4 Å². The van der Waals surface area contributed by atoms with Gasteiger partial charge in [-0.2, -0.15) is 5.10 Å². The van der Waals surface area contributed by atoms with Crippen LogP contribution in [0, 0.1) is 12.3 Å². The van der Waals surface area contributed by atoms with Gasteiger partial charge in [0.1, 0.15) is 0 Å². The number of aryl methyl sites for hydroxylation is 2. The van der Waals surface area contributed by atoms with E-state index in [0.717, 1.165) is 27.6 Å². The second-order valence-corrected chi connectivity index (χ2v) is 7.35. The lowest BCUT2D eigenvalue weighted by Gasteiger charge is -2.15. The van der Waals surface area contributed by atoms with E-state index in [1.165, 1.54) is 6.21 Å². The molecule has 142 valence electrons. The van der Waals surface area contributed by atoms with Crippen molar-refractivity contribution in [2.75, 3.05) is 0 Å². The number of nitrogens with one attached hydrogen (secondary N) is 1. The Kier molecular flexibility index (Phi) is 4.82. The van der Waals surface area contributed by atoms with Crippen LogP contribution in [0.5, 0.6) is 0 Å². The van der Waals surface area contributed by atoms with Gasteiger partial charge in [-0.25, -0.2) is 14.1 Å². The van der Waals surface area contributed by atoms with Gasteiger partial charge in [-0.05, 0) is 54.5 Å². The smallest absolute Gasteiger partial charge is 0.199 e. The fourth-order valence-corrected chi connectivity index (χ4v) is 3.73. The maximum absolute atomic E-state index is 15.8. The number of hydrogen-bond acceptors (Lipinski definition) is 3. The number of nitrogens with zero attached hydrogens (tertiary/aromatic N) is 4. The molecular formula is C21H21FN5P. The summed E-state index contributed by atoms with van der Waals surface area (Å²) in [4.78, 5) is 4.56. The molecule has 4 aromatic rings. The average Bonchev–Trinajstić information content (AvgIpc) is 3.33. The number of halogens is 1. The number of alkyl halides is 1. The van der Waals surface area contributed by atoms with Crippen LogP contribution in [0.4, 0.5) is 4.39 Å². The van der Waals surface area contributed by atoms with Crippen LogP contribution in [0.3, 0.4) is 0 Å². The maximum atomic E-state index is 15.8. The van der Waals surface area contributed by atoms with Gasteiger partial charge in [-0.1, -0.05) is 18.2 Å². The van der Waals surface area contributed by atoms with E-state index in [0.29, 0.717) is 23.6 Å². The topological polar surface area (TPSA) is 59.5 Å². The zero-order chi connectivity index (χ0) is 19.8. The summed E-state index contributed by atoms with van der Waals surface area (Å²) in [5.74, 6) is 0.348. The Hall–Kier alpha value is -2.85. The zero-order valence-corrected chi connectivity index (χ0v) is 16.9. The standard InChI is InChI=1S/C21H21FN5P/c1-3-26-17-7-5-14(12-23)10-16(17)25-21(26)20(22)18-8-9-24-27(18)19-11-15(28)6-4-13(19)2/h4-12,20,23H,3,28H2,1-2H3. The lowest BCUT2D eigenvalue weighted by atomic mass is 10.2. The molecule has 0 fully saturated rings. The molecule has 0 radical (unpaired) electrons. The van der Waals surface area contributed by atoms with Gasteiger partial charge in [0, 0.05) is 19.0 Å². The normalized spacial score (nSPS) is 12.4. The summed E-state index contributed by atoms with van der Waals surface area (Å²) in [5, 5.41) is 12.8. The van der Waals surface area contributed by atoms with Gasteiger partial charge in [-0.3, -0.25) is 0 Å². The van der Waals surface area contributed by atoms with Crippen LogP contribution >= 0.6 is 9.24 Å². The first-order valence-electron chi connectivity index (χ1n) is 9.08. The van der Waals surface area contributed by atoms with E-state index in [9.17, 15) is 0 Å². The summed E-state index contributed by atoms with van der Waals surface area (Å²) in [6.07, 6.45) is 1.46. The van der Waals surface area contributed by atoms with Crippen molar-refractivity contribution in [2.24, 2.45) is 0 Å². The Morgan fingerprint density at radius 2 is 2.04 bits per heavy atom. The fourth-order valence-electron chi connectivity index (χ4n) is 3.47. The highest BCUT2D eigenvalue weighted by Gasteiger charge is 2.25. The van der Waals surface area contributed by atoms with Crippen molar-refractivity contribution < 1.29 is 4.39 Å². The van der Waals surface area contributed by atoms with E-state index >= 15 is 4.39 Å². The Labute approximate surface area is 164 Å². The highest BCUT2D eigenvalue weighted by molar-refractivity contribution is 7.27. The molecule has 0 bridgehead atoms. The van der Waals surface area contributed by atoms with Crippen molar-refractivity contribution in [1.29, 1.82) is 5.41 Å². The third-order valence-corrected chi connectivity index (χ3v) is 5.26. The number of fused-ring (bicyclic) bond motifs is 1. The number of rotatable bonds is 5. The molecule has 7 heteroatoms. The van der Waals surface area contributed by atoms with E-state index in [-0.39, 0.29) is 0 Å². The summed E-state index contributed by atoms with van der Waals surface area (Å²) in [5.41, 5.74) is 4.60. The Morgan fingerprint density at radius 1 is 1.21 bits per heavy atom. The minimum absolute atomic E-state index is 0.348. The van der Waals surface area contributed by atoms with Gasteiger partial charge in [0.25, 0.3) is 0 Å². The molecule has 2 unspecified atom stereocenters. The number of aromatic nitrogens is 4. The van der Waals surface area contributed by atoms with Crippen molar-refractivity contribution >= 4 is 31.8 Å². The first kappa shape index (κ1) is 18.5. The number of benzene rings is 2. The molecule has 2 aromatic carbocycles. The van der Waals surface area contributed by atoms with E-state index < -0.39 is 6.17 Å². The molecule has 0 aliphatic carbocycles. The third kappa shape index (κ3) is 3.04. The molecule has 4 rings (SSSR count). The average molecular weight is 393 g/mol. The van der Waals surface area contributed by atoms with Crippen LogP contribution in [-0.4, -0.2) is 25.5 Å². The molecule has 2 heterocycles. The second-order valence-electron chi connectivity index (χ2n) is 6.68. The van der Waals surface area contributed by atoms with Crippen molar-refractivity contribution in [2.45, 2.75) is 26.6 Å². The van der Waals surface area contributed by atoms with Crippen LogP contribution in [0.15, 0.2) is 48.7 Å². The lowest BCUT2D eigenvalue weighted by molar-refractivity contribution is 0.359. The van der Waals surface area contributed by atoms with Crippen molar-refractivity contribution in [3.05, 3.63) is 71.3 Å². The van der Waals surface area contributed by atoms with Crippen LogP contribution in [0.2, 0.25) is 0 Å². The van der Waals surface area contributed by atoms with E-state index in [1.54, 1.807) is 16.9 Å². The predicted octanol–water partition coefficient (Wildman–Crippen LogP) is 4.11.